The van der Waals surface area contributed by atoms with E-state index in [4.69, 9.17) is 0 Å². The van der Waals surface area contributed by atoms with Crippen LogP contribution >= 0.6 is 11.3 Å². The Kier molecular flexibility index (Phi) is 2.48. The van der Waals surface area contributed by atoms with Crippen LogP contribution in [0.3, 0.4) is 0 Å². The van der Waals surface area contributed by atoms with Crippen LogP contribution in [0, 0.1) is 6.92 Å². The number of aryl methyl sites for hydroxylation is 3. The zero-order valence-corrected chi connectivity index (χ0v) is 10.4. The fourth-order valence-corrected chi connectivity index (χ4v) is 3.24. The van der Waals surface area contributed by atoms with Gasteiger partial charge in [-0.2, -0.15) is 5.10 Å². The molecule has 2 aromatic heterocycles. The number of fused-ring (bicyclic) bond motifs is 1. The van der Waals surface area contributed by atoms with Crippen LogP contribution in [0.4, 0.5) is 5.82 Å². The summed E-state index contributed by atoms with van der Waals surface area (Å²) in [5, 5.41) is 9.51. The van der Waals surface area contributed by atoms with Gasteiger partial charge in [-0.15, -0.1) is 11.3 Å². The van der Waals surface area contributed by atoms with E-state index in [-0.39, 0.29) is 5.91 Å². The fraction of sp³-hybridized carbons (Fsp3) is 0.333. The lowest BCUT2D eigenvalue weighted by atomic mass is 10.2. The van der Waals surface area contributed by atoms with Gasteiger partial charge in [-0.25, -0.2) is 0 Å². The summed E-state index contributed by atoms with van der Waals surface area (Å²) < 4.78 is 0. The number of rotatable bonds is 2. The molecule has 0 fully saturated rings. The van der Waals surface area contributed by atoms with Gasteiger partial charge in [0.05, 0.1) is 11.1 Å². The average Bonchev–Trinajstić information content (AvgIpc) is 2.93. The zero-order chi connectivity index (χ0) is 11.8. The summed E-state index contributed by atoms with van der Waals surface area (Å²) in [6.07, 6.45) is 5.16. The van der Waals surface area contributed by atoms with Crippen molar-refractivity contribution in [3.05, 3.63) is 33.1 Å². The minimum Gasteiger partial charge on any atom is -0.306 e. The third-order valence-electron chi connectivity index (χ3n) is 3.04. The maximum absolute atomic E-state index is 12.0. The van der Waals surface area contributed by atoms with Gasteiger partial charge in [-0.1, -0.05) is 0 Å². The van der Waals surface area contributed by atoms with Crippen LogP contribution in [-0.4, -0.2) is 16.1 Å². The molecule has 3 rings (SSSR count). The summed E-state index contributed by atoms with van der Waals surface area (Å²) in [6, 6.07) is 2.02. The number of nitrogens with one attached hydrogen (secondary N) is 2. The van der Waals surface area contributed by atoms with E-state index in [0.717, 1.165) is 23.3 Å². The first-order valence-electron chi connectivity index (χ1n) is 5.67. The number of aromatic nitrogens is 2. The molecule has 17 heavy (non-hydrogen) atoms. The first-order valence-corrected chi connectivity index (χ1v) is 6.48. The molecule has 2 heterocycles. The van der Waals surface area contributed by atoms with Gasteiger partial charge in [-0.05, 0) is 37.8 Å². The Labute approximate surface area is 103 Å². The molecule has 4 nitrogen and oxygen atoms in total. The SMILES string of the molecule is Cc1cn[nH]c1NC(=O)c1cc2c(s1)CCC2. The molecule has 1 aliphatic rings. The Bertz CT molecular complexity index is 549. The predicted molar refractivity (Wildman–Crippen MR) is 67.6 cm³/mol. The lowest BCUT2D eigenvalue weighted by molar-refractivity contribution is 0.103. The molecule has 0 aliphatic heterocycles. The molecule has 1 amide bonds. The summed E-state index contributed by atoms with van der Waals surface area (Å²) >= 11 is 1.61. The third kappa shape index (κ3) is 1.86. The maximum Gasteiger partial charge on any atom is 0.266 e. The normalized spacial score (nSPS) is 13.7. The highest BCUT2D eigenvalue weighted by Crippen LogP contribution is 2.30. The van der Waals surface area contributed by atoms with E-state index in [1.165, 1.54) is 16.9 Å². The molecule has 0 atom stereocenters. The van der Waals surface area contributed by atoms with E-state index in [0.29, 0.717) is 5.82 Å². The van der Waals surface area contributed by atoms with Gasteiger partial charge in [0, 0.05) is 10.4 Å². The van der Waals surface area contributed by atoms with Gasteiger partial charge < -0.3 is 5.32 Å². The molecule has 0 aromatic carbocycles. The van der Waals surface area contributed by atoms with Gasteiger partial charge in [0.2, 0.25) is 0 Å². The third-order valence-corrected chi connectivity index (χ3v) is 4.27. The highest BCUT2D eigenvalue weighted by Gasteiger charge is 2.18. The Morgan fingerprint density at radius 1 is 1.53 bits per heavy atom. The number of carbonyl (C=O) groups excluding carboxylic acids is 1. The monoisotopic (exact) mass is 247 g/mol. The van der Waals surface area contributed by atoms with Gasteiger partial charge in [-0.3, -0.25) is 9.89 Å². The molecule has 0 unspecified atom stereocenters. The number of aromatic amines is 1. The molecule has 2 aromatic rings. The standard InChI is InChI=1S/C12H13N3OS/c1-7-6-13-15-11(7)14-12(16)10-5-8-3-2-4-9(8)17-10/h5-6H,2-4H2,1H3,(H2,13,14,15,16). The molecule has 1 aliphatic carbocycles. The number of anilines is 1. The maximum atomic E-state index is 12.0. The smallest absolute Gasteiger partial charge is 0.266 e. The molecule has 0 saturated heterocycles. The summed E-state index contributed by atoms with van der Waals surface area (Å²) in [5.74, 6) is 0.639. The van der Waals surface area contributed by atoms with E-state index < -0.39 is 0 Å². The summed E-state index contributed by atoms with van der Waals surface area (Å²) in [4.78, 5) is 14.2. The largest absolute Gasteiger partial charge is 0.306 e. The van der Waals surface area contributed by atoms with Crippen molar-refractivity contribution in [3.63, 3.8) is 0 Å². The molecule has 5 heteroatoms. The van der Waals surface area contributed by atoms with Crippen LogP contribution in [-0.2, 0) is 12.8 Å². The van der Waals surface area contributed by atoms with Crippen LogP contribution in [0.2, 0.25) is 0 Å². The molecular weight excluding hydrogens is 234 g/mol. The first kappa shape index (κ1) is 10.5. The van der Waals surface area contributed by atoms with Crippen molar-refractivity contribution in [2.45, 2.75) is 26.2 Å². The van der Waals surface area contributed by atoms with Crippen LogP contribution in [0.25, 0.3) is 0 Å². The minimum atomic E-state index is -0.0447. The van der Waals surface area contributed by atoms with Crippen LogP contribution in [0.1, 0.15) is 32.1 Å². The quantitative estimate of drug-likeness (QED) is 0.856. The van der Waals surface area contributed by atoms with E-state index in [1.54, 1.807) is 17.5 Å². The van der Waals surface area contributed by atoms with E-state index in [1.807, 2.05) is 13.0 Å². The zero-order valence-electron chi connectivity index (χ0n) is 9.54. The van der Waals surface area contributed by atoms with Crippen molar-refractivity contribution in [1.82, 2.24) is 10.2 Å². The molecular formula is C12H13N3OS. The average molecular weight is 247 g/mol. The van der Waals surface area contributed by atoms with Gasteiger partial charge in [0.25, 0.3) is 5.91 Å². The number of hydrogen-bond donors (Lipinski definition) is 2. The Morgan fingerprint density at radius 2 is 2.41 bits per heavy atom. The van der Waals surface area contributed by atoms with Crippen molar-refractivity contribution in [3.8, 4) is 0 Å². The number of carbonyl (C=O) groups is 1. The van der Waals surface area contributed by atoms with Crippen molar-refractivity contribution in [2.24, 2.45) is 0 Å². The van der Waals surface area contributed by atoms with Crippen molar-refractivity contribution < 1.29 is 4.79 Å². The lowest BCUT2D eigenvalue weighted by Gasteiger charge is -2.01. The Hall–Kier alpha value is -1.62. The van der Waals surface area contributed by atoms with Gasteiger partial charge in [0.1, 0.15) is 5.82 Å². The summed E-state index contributed by atoms with van der Waals surface area (Å²) in [7, 11) is 0. The second-order valence-electron chi connectivity index (χ2n) is 4.29. The topological polar surface area (TPSA) is 57.8 Å². The number of hydrogen-bond acceptors (Lipinski definition) is 3. The number of nitrogens with zero attached hydrogens (tertiary/aromatic N) is 1. The van der Waals surface area contributed by atoms with Crippen molar-refractivity contribution in [1.29, 1.82) is 0 Å². The highest BCUT2D eigenvalue weighted by molar-refractivity contribution is 7.14. The predicted octanol–water partition coefficient (Wildman–Crippen LogP) is 2.52. The molecule has 0 bridgehead atoms. The molecule has 88 valence electrons. The molecule has 0 saturated carbocycles. The fourth-order valence-electron chi connectivity index (χ4n) is 2.09. The first-order chi connectivity index (χ1) is 8.24. The van der Waals surface area contributed by atoms with Crippen LogP contribution in [0.5, 0.6) is 0 Å². The Balaban J connectivity index is 1.80. The molecule has 0 radical (unpaired) electrons. The summed E-state index contributed by atoms with van der Waals surface area (Å²) in [5.41, 5.74) is 2.30. The second-order valence-corrected chi connectivity index (χ2v) is 5.43. The lowest BCUT2D eigenvalue weighted by Crippen LogP contribution is -2.11. The number of amides is 1. The van der Waals surface area contributed by atoms with Gasteiger partial charge >= 0.3 is 0 Å². The van der Waals surface area contributed by atoms with Crippen molar-refractivity contribution >= 4 is 23.1 Å². The van der Waals surface area contributed by atoms with E-state index in [2.05, 4.69) is 15.5 Å². The molecule has 0 spiro atoms. The minimum absolute atomic E-state index is 0.0447. The van der Waals surface area contributed by atoms with E-state index >= 15 is 0 Å². The Morgan fingerprint density at radius 3 is 3.12 bits per heavy atom. The van der Waals surface area contributed by atoms with Crippen molar-refractivity contribution in [2.75, 3.05) is 5.32 Å². The van der Waals surface area contributed by atoms with E-state index in [9.17, 15) is 4.79 Å². The van der Waals surface area contributed by atoms with Crippen LogP contribution < -0.4 is 5.32 Å². The second kappa shape index (κ2) is 4.00. The van der Waals surface area contributed by atoms with Gasteiger partial charge in [0.15, 0.2) is 0 Å². The highest BCUT2D eigenvalue weighted by atomic mass is 32.1. The summed E-state index contributed by atoms with van der Waals surface area (Å²) in [6.45, 7) is 1.91. The van der Waals surface area contributed by atoms with Crippen LogP contribution in [0.15, 0.2) is 12.3 Å². The number of H-pyrrole nitrogens is 1. The number of thiophene rings is 1. The molecule has 2 N–H and O–H groups in total.